The molecule has 0 bridgehead atoms. The van der Waals surface area contributed by atoms with E-state index in [1.54, 1.807) is 41.1 Å². The monoisotopic (exact) mass is 623 g/mol. The van der Waals surface area contributed by atoms with Crippen LogP contribution in [0.2, 0.25) is 0 Å². The van der Waals surface area contributed by atoms with Crippen LogP contribution in [0.25, 0.3) is 0 Å². The molecular formula is C34H49N5O6. The second-order valence-corrected chi connectivity index (χ2v) is 14.3. The summed E-state index contributed by atoms with van der Waals surface area (Å²) in [6, 6.07) is 10.5. The van der Waals surface area contributed by atoms with Gasteiger partial charge in [-0.25, -0.2) is 14.4 Å². The van der Waals surface area contributed by atoms with Crippen LogP contribution in [0.3, 0.4) is 0 Å². The van der Waals surface area contributed by atoms with Crippen molar-refractivity contribution in [2.45, 2.75) is 122 Å². The lowest BCUT2D eigenvalue weighted by Crippen LogP contribution is -2.50. The van der Waals surface area contributed by atoms with E-state index in [1.165, 1.54) is 0 Å². The molecule has 1 heterocycles. The zero-order chi connectivity index (χ0) is 32.8. The first-order valence-electron chi connectivity index (χ1n) is 16.1. The molecule has 1 aromatic heterocycles. The third kappa shape index (κ3) is 10.3. The minimum absolute atomic E-state index is 0.00414. The molecule has 2 aliphatic carbocycles. The molecule has 0 radical (unpaired) electrons. The maximum atomic E-state index is 13.4. The van der Waals surface area contributed by atoms with E-state index >= 15 is 0 Å². The second kappa shape index (κ2) is 14.5. The Morgan fingerprint density at radius 3 is 2.07 bits per heavy atom. The van der Waals surface area contributed by atoms with Gasteiger partial charge in [-0.1, -0.05) is 18.2 Å². The Labute approximate surface area is 266 Å². The van der Waals surface area contributed by atoms with Gasteiger partial charge in [0.15, 0.2) is 0 Å². The summed E-state index contributed by atoms with van der Waals surface area (Å²) in [6.45, 7) is 11.7. The van der Waals surface area contributed by atoms with Crippen molar-refractivity contribution in [3.63, 3.8) is 0 Å². The van der Waals surface area contributed by atoms with Gasteiger partial charge in [0.2, 0.25) is 0 Å². The molecule has 0 saturated heterocycles. The second-order valence-electron chi connectivity index (χ2n) is 14.3. The zero-order valence-corrected chi connectivity index (χ0v) is 27.5. The highest BCUT2D eigenvalue weighted by Gasteiger charge is 2.35. The van der Waals surface area contributed by atoms with Crippen molar-refractivity contribution in [3.05, 3.63) is 58.6 Å². The van der Waals surface area contributed by atoms with E-state index in [0.717, 1.165) is 51.4 Å². The number of ether oxygens (including phenoxy) is 2. The average molecular weight is 624 g/mol. The van der Waals surface area contributed by atoms with E-state index in [0.29, 0.717) is 12.1 Å². The molecule has 2 fully saturated rings. The van der Waals surface area contributed by atoms with E-state index in [1.807, 2.05) is 52.5 Å². The number of nitrogens with one attached hydrogen (secondary N) is 2. The lowest BCUT2D eigenvalue weighted by atomic mass is 9.84. The van der Waals surface area contributed by atoms with Gasteiger partial charge in [-0.05, 0) is 117 Å². The van der Waals surface area contributed by atoms with Crippen molar-refractivity contribution in [2.24, 2.45) is 5.92 Å². The molecule has 45 heavy (non-hydrogen) atoms. The lowest BCUT2D eigenvalue weighted by Gasteiger charge is -2.40. The van der Waals surface area contributed by atoms with E-state index in [9.17, 15) is 19.2 Å². The molecule has 2 aromatic rings. The maximum Gasteiger partial charge on any atom is 0.410 e. The van der Waals surface area contributed by atoms with Gasteiger partial charge in [0, 0.05) is 36.4 Å². The van der Waals surface area contributed by atoms with Gasteiger partial charge >= 0.3 is 17.9 Å². The van der Waals surface area contributed by atoms with Crippen molar-refractivity contribution >= 4 is 23.9 Å². The predicted octanol–water partition coefficient (Wildman–Crippen LogP) is 6.30. The highest BCUT2D eigenvalue weighted by Crippen LogP contribution is 2.34. The Morgan fingerprint density at radius 1 is 0.867 bits per heavy atom. The van der Waals surface area contributed by atoms with E-state index in [4.69, 9.17) is 9.47 Å². The molecule has 0 aliphatic heterocycles. The van der Waals surface area contributed by atoms with Crippen molar-refractivity contribution in [2.75, 3.05) is 11.9 Å². The number of carbonyl (C=O) groups excluding carboxylic acids is 3. The number of anilines is 1. The quantitative estimate of drug-likeness (QED) is 0.370. The van der Waals surface area contributed by atoms with Gasteiger partial charge in [0.05, 0.1) is 0 Å². The Balaban J connectivity index is 1.33. The molecule has 3 amide bonds. The molecule has 2 saturated carbocycles. The summed E-state index contributed by atoms with van der Waals surface area (Å²) in [6.07, 6.45) is 7.34. The fourth-order valence-corrected chi connectivity index (χ4v) is 6.12. The van der Waals surface area contributed by atoms with Gasteiger partial charge in [-0.3, -0.25) is 9.36 Å². The van der Waals surface area contributed by atoms with Crippen LogP contribution in [-0.4, -0.2) is 62.4 Å². The van der Waals surface area contributed by atoms with Crippen LogP contribution < -0.4 is 16.3 Å². The van der Waals surface area contributed by atoms with Crippen LogP contribution in [0.15, 0.2) is 47.4 Å². The molecule has 246 valence electrons. The standard InChI is InChI=1S/C34H49N5O6/c1-33(2,3)44-31(42)35-25-14-18-27(19-15-25)39(32(43)45-34(4,5)6)22-23-12-16-26(17-13-23)38-21-20-28(37-30(38)41)36-29(40)24-10-8-7-9-11-24/h7-11,20-21,23,25-27H,12-19,22H2,1-6H3,(H,35,42)(H,36,37,40,41)/t23-,25-,26-,27-. The van der Waals surface area contributed by atoms with Gasteiger partial charge in [-0.15, -0.1) is 0 Å². The molecule has 2 aliphatic rings. The van der Waals surface area contributed by atoms with Gasteiger partial charge in [-0.2, -0.15) is 4.98 Å². The fraction of sp³-hybridized carbons (Fsp3) is 0.618. The molecule has 4 rings (SSSR count). The topological polar surface area (TPSA) is 132 Å². The molecule has 11 nitrogen and oxygen atoms in total. The van der Waals surface area contributed by atoms with Crippen LogP contribution in [0.5, 0.6) is 0 Å². The Bertz CT molecular complexity index is 1360. The van der Waals surface area contributed by atoms with Crippen molar-refractivity contribution in [3.8, 4) is 0 Å². The summed E-state index contributed by atoms with van der Waals surface area (Å²) in [5, 5.41) is 5.68. The van der Waals surface area contributed by atoms with E-state index < -0.39 is 23.0 Å². The number of amides is 3. The number of rotatable bonds is 7. The van der Waals surface area contributed by atoms with Crippen LogP contribution in [-0.2, 0) is 9.47 Å². The minimum atomic E-state index is -0.608. The van der Waals surface area contributed by atoms with Gasteiger partial charge < -0.3 is 25.0 Å². The number of hydrogen-bond acceptors (Lipinski definition) is 7. The Kier molecular flexibility index (Phi) is 10.9. The molecule has 0 atom stereocenters. The first-order chi connectivity index (χ1) is 21.2. The molecule has 2 N–H and O–H groups in total. The summed E-state index contributed by atoms with van der Waals surface area (Å²) < 4.78 is 12.9. The van der Waals surface area contributed by atoms with Crippen LogP contribution >= 0.6 is 0 Å². The first-order valence-corrected chi connectivity index (χ1v) is 16.1. The van der Waals surface area contributed by atoms with Crippen molar-refractivity contribution in [1.82, 2.24) is 19.8 Å². The van der Waals surface area contributed by atoms with E-state index in [-0.39, 0.29) is 41.9 Å². The summed E-state index contributed by atoms with van der Waals surface area (Å²) in [4.78, 5) is 57.1. The fourth-order valence-electron chi connectivity index (χ4n) is 6.12. The zero-order valence-electron chi connectivity index (χ0n) is 27.5. The van der Waals surface area contributed by atoms with E-state index in [2.05, 4.69) is 15.6 Å². The van der Waals surface area contributed by atoms with Crippen LogP contribution in [0.4, 0.5) is 15.4 Å². The van der Waals surface area contributed by atoms with Crippen LogP contribution in [0, 0.1) is 5.92 Å². The lowest BCUT2D eigenvalue weighted by molar-refractivity contribution is 0.00420. The minimum Gasteiger partial charge on any atom is -0.444 e. The molecule has 11 heteroatoms. The number of nitrogens with zero attached hydrogens (tertiary/aromatic N) is 3. The summed E-state index contributed by atoms with van der Waals surface area (Å²) >= 11 is 0. The Hall–Kier alpha value is -3.89. The molecule has 0 spiro atoms. The normalized spacial score (nSPS) is 22.2. The highest BCUT2D eigenvalue weighted by atomic mass is 16.6. The Morgan fingerprint density at radius 2 is 1.49 bits per heavy atom. The van der Waals surface area contributed by atoms with Crippen LogP contribution in [0.1, 0.15) is 109 Å². The smallest absolute Gasteiger partial charge is 0.410 e. The molecule has 0 unspecified atom stereocenters. The number of hydrogen-bond donors (Lipinski definition) is 2. The summed E-state index contributed by atoms with van der Waals surface area (Å²) in [7, 11) is 0. The third-order valence-electron chi connectivity index (χ3n) is 8.26. The number of carbonyl (C=O) groups is 3. The summed E-state index contributed by atoms with van der Waals surface area (Å²) in [5.74, 6) is 0.186. The predicted molar refractivity (Wildman–Crippen MR) is 172 cm³/mol. The maximum absolute atomic E-state index is 13.4. The number of alkyl carbamates (subject to hydrolysis) is 1. The third-order valence-corrected chi connectivity index (χ3v) is 8.26. The SMILES string of the molecule is CC(C)(C)OC(=O)N[C@H]1CC[C@H](N(C[C@H]2CC[C@H](n3ccc(NC(=O)c4ccccc4)nc3=O)CC2)C(=O)OC(C)(C)C)CC1. The largest absolute Gasteiger partial charge is 0.444 e. The molecular weight excluding hydrogens is 574 g/mol. The van der Waals surface area contributed by atoms with Crippen molar-refractivity contribution in [1.29, 1.82) is 0 Å². The number of benzene rings is 1. The summed E-state index contributed by atoms with van der Waals surface area (Å²) in [5.41, 5.74) is -1.06. The number of aromatic nitrogens is 2. The van der Waals surface area contributed by atoms with Gasteiger partial charge in [0.1, 0.15) is 17.0 Å². The first kappa shape index (κ1) is 34.0. The molecule has 1 aromatic carbocycles. The highest BCUT2D eigenvalue weighted by molar-refractivity contribution is 6.03. The van der Waals surface area contributed by atoms with Crippen molar-refractivity contribution < 1.29 is 23.9 Å². The van der Waals surface area contributed by atoms with Gasteiger partial charge in [0.25, 0.3) is 5.91 Å². The average Bonchev–Trinajstić information content (AvgIpc) is 2.95.